The quantitative estimate of drug-likeness (QED) is 0.796. The Hall–Kier alpha value is -2.36. The van der Waals surface area contributed by atoms with Crippen LogP contribution < -0.4 is 5.32 Å². The smallest absolute Gasteiger partial charge is 0.257 e. The molecule has 0 unspecified atom stereocenters. The van der Waals surface area contributed by atoms with Gasteiger partial charge in [0.15, 0.2) is 0 Å². The lowest BCUT2D eigenvalue weighted by molar-refractivity contribution is 0.102. The average molecular weight is 242 g/mol. The molecule has 1 amide bonds. The predicted octanol–water partition coefficient (Wildman–Crippen LogP) is 2.66. The first-order valence-corrected chi connectivity index (χ1v) is 5.59. The lowest BCUT2D eigenvalue weighted by atomic mass is 10.1. The van der Waals surface area contributed by atoms with Gasteiger partial charge in [0.05, 0.1) is 5.56 Å². The van der Waals surface area contributed by atoms with Crippen LogP contribution in [0.5, 0.6) is 5.75 Å². The number of aromatic hydroxyl groups is 1. The number of nitrogens with one attached hydrogen (secondary N) is 1. The third-order valence-corrected chi connectivity index (χ3v) is 2.71. The number of pyridine rings is 1. The maximum atomic E-state index is 11.9. The molecule has 1 aromatic heterocycles. The van der Waals surface area contributed by atoms with Crippen molar-refractivity contribution in [1.82, 2.24) is 4.98 Å². The van der Waals surface area contributed by atoms with Crippen LogP contribution in [0.2, 0.25) is 0 Å². The number of amides is 1. The van der Waals surface area contributed by atoms with Gasteiger partial charge in [0.1, 0.15) is 5.75 Å². The number of nitrogens with zero attached hydrogens (tertiary/aromatic N) is 1. The SMILES string of the molecule is Cc1cc(NC(=O)c2cccnc2)c(C)cc1O. The molecule has 0 saturated carbocycles. The van der Waals surface area contributed by atoms with Gasteiger partial charge in [0, 0.05) is 18.1 Å². The van der Waals surface area contributed by atoms with E-state index in [4.69, 9.17) is 0 Å². The summed E-state index contributed by atoms with van der Waals surface area (Å²) in [6, 6.07) is 6.79. The minimum absolute atomic E-state index is 0.212. The Bertz CT molecular complexity index is 580. The van der Waals surface area contributed by atoms with E-state index in [1.807, 2.05) is 6.92 Å². The van der Waals surface area contributed by atoms with Gasteiger partial charge in [-0.3, -0.25) is 9.78 Å². The number of phenols is 1. The number of aryl methyl sites for hydroxylation is 2. The fraction of sp³-hybridized carbons (Fsp3) is 0.143. The van der Waals surface area contributed by atoms with Crippen LogP contribution in [0.15, 0.2) is 36.7 Å². The number of benzene rings is 1. The molecule has 2 N–H and O–H groups in total. The largest absolute Gasteiger partial charge is 0.508 e. The summed E-state index contributed by atoms with van der Waals surface area (Å²) in [4.78, 5) is 15.8. The van der Waals surface area contributed by atoms with Crippen LogP contribution in [0.4, 0.5) is 5.69 Å². The fourth-order valence-electron chi connectivity index (χ4n) is 1.63. The maximum absolute atomic E-state index is 11.9. The third kappa shape index (κ3) is 2.48. The van der Waals surface area contributed by atoms with Gasteiger partial charge in [-0.1, -0.05) is 0 Å². The van der Waals surface area contributed by atoms with Gasteiger partial charge in [0.25, 0.3) is 5.91 Å². The Morgan fingerprint density at radius 3 is 2.72 bits per heavy atom. The van der Waals surface area contributed by atoms with Gasteiger partial charge in [-0.15, -0.1) is 0 Å². The van der Waals surface area contributed by atoms with Crippen molar-refractivity contribution >= 4 is 11.6 Å². The molecule has 0 bridgehead atoms. The van der Waals surface area contributed by atoms with Gasteiger partial charge < -0.3 is 10.4 Å². The van der Waals surface area contributed by atoms with E-state index in [-0.39, 0.29) is 11.7 Å². The third-order valence-electron chi connectivity index (χ3n) is 2.71. The van der Waals surface area contributed by atoms with E-state index in [2.05, 4.69) is 10.3 Å². The Morgan fingerprint density at radius 1 is 1.28 bits per heavy atom. The highest BCUT2D eigenvalue weighted by atomic mass is 16.3. The molecule has 0 fully saturated rings. The molecule has 2 aromatic rings. The molecule has 1 heterocycles. The van der Waals surface area contributed by atoms with Crippen LogP contribution in [0.25, 0.3) is 0 Å². The van der Waals surface area contributed by atoms with E-state index in [0.29, 0.717) is 11.3 Å². The molecule has 4 nitrogen and oxygen atoms in total. The number of hydrogen-bond acceptors (Lipinski definition) is 3. The van der Waals surface area contributed by atoms with Crippen molar-refractivity contribution in [1.29, 1.82) is 0 Å². The summed E-state index contributed by atoms with van der Waals surface area (Å²) in [5.41, 5.74) is 2.74. The zero-order valence-corrected chi connectivity index (χ0v) is 10.3. The van der Waals surface area contributed by atoms with Crippen molar-refractivity contribution in [2.24, 2.45) is 0 Å². The zero-order valence-electron chi connectivity index (χ0n) is 10.3. The second kappa shape index (κ2) is 4.87. The van der Waals surface area contributed by atoms with Gasteiger partial charge in [-0.2, -0.15) is 0 Å². The number of hydrogen-bond donors (Lipinski definition) is 2. The number of phenolic OH excluding ortho intramolecular Hbond substituents is 1. The molecule has 0 aliphatic heterocycles. The predicted molar refractivity (Wildman–Crippen MR) is 69.8 cm³/mol. The van der Waals surface area contributed by atoms with Crippen LogP contribution in [0.3, 0.4) is 0 Å². The summed E-state index contributed by atoms with van der Waals surface area (Å²) in [6.45, 7) is 3.62. The zero-order chi connectivity index (χ0) is 13.1. The van der Waals surface area contributed by atoms with Crippen molar-refractivity contribution in [2.75, 3.05) is 5.32 Å². The Morgan fingerprint density at radius 2 is 2.06 bits per heavy atom. The normalized spacial score (nSPS) is 10.1. The van der Waals surface area contributed by atoms with Crippen molar-refractivity contribution in [3.63, 3.8) is 0 Å². The molecule has 92 valence electrons. The van der Waals surface area contributed by atoms with Crippen LogP contribution in [-0.2, 0) is 0 Å². The summed E-state index contributed by atoms with van der Waals surface area (Å²) in [5, 5.41) is 12.4. The van der Waals surface area contributed by atoms with E-state index in [1.165, 1.54) is 6.20 Å². The molecule has 2 rings (SSSR count). The van der Waals surface area contributed by atoms with Crippen LogP contribution in [0.1, 0.15) is 21.5 Å². The first kappa shape index (κ1) is 12.1. The lowest BCUT2D eigenvalue weighted by Crippen LogP contribution is -2.13. The molecule has 1 aromatic carbocycles. The summed E-state index contributed by atoms with van der Waals surface area (Å²) >= 11 is 0. The molecule has 0 radical (unpaired) electrons. The minimum atomic E-state index is -0.212. The highest BCUT2D eigenvalue weighted by Crippen LogP contribution is 2.25. The van der Waals surface area contributed by atoms with E-state index in [0.717, 1.165) is 11.1 Å². The molecule has 0 atom stereocenters. The highest BCUT2D eigenvalue weighted by Gasteiger charge is 2.09. The maximum Gasteiger partial charge on any atom is 0.257 e. The summed E-state index contributed by atoms with van der Waals surface area (Å²) in [5.74, 6) is 0.0168. The van der Waals surface area contributed by atoms with Crippen molar-refractivity contribution in [2.45, 2.75) is 13.8 Å². The standard InChI is InChI=1S/C14H14N2O2/c1-9-7-13(17)10(2)6-12(9)16-14(18)11-4-3-5-15-8-11/h3-8,17H,1-2H3,(H,16,18). The van der Waals surface area contributed by atoms with Gasteiger partial charge in [-0.25, -0.2) is 0 Å². The molecule has 4 heteroatoms. The first-order chi connectivity index (χ1) is 8.58. The second-order valence-corrected chi connectivity index (χ2v) is 4.15. The highest BCUT2D eigenvalue weighted by molar-refractivity contribution is 6.04. The molecule has 0 saturated heterocycles. The molecule has 0 aliphatic carbocycles. The average Bonchev–Trinajstić information content (AvgIpc) is 2.37. The van der Waals surface area contributed by atoms with Gasteiger partial charge >= 0.3 is 0 Å². The summed E-state index contributed by atoms with van der Waals surface area (Å²) in [7, 11) is 0. The molecule has 0 aliphatic rings. The van der Waals surface area contributed by atoms with Crippen molar-refractivity contribution < 1.29 is 9.90 Å². The topological polar surface area (TPSA) is 62.2 Å². The summed E-state index contributed by atoms with van der Waals surface area (Å²) < 4.78 is 0. The summed E-state index contributed by atoms with van der Waals surface area (Å²) in [6.07, 6.45) is 3.13. The van der Waals surface area contributed by atoms with E-state index in [9.17, 15) is 9.90 Å². The molecular weight excluding hydrogens is 228 g/mol. The number of aromatic nitrogens is 1. The Kier molecular flexibility index (Phi) is 3.28. The van der Waals surface area contributed by atoms with Crippen molar-refractivity contribution in [3.05, 3.63) is 53.3 Å². The van der Waals surface area contributed by atoms with Crippen molar-refractivity contribution in [3.8, 4) is 5.75 Å². The Labute approximate surface area is 105 Å². The monoisotopic (exact) mass is 242 g/mol. The number of carbonyl (C=O) groups excluding carboxylic acids is 1. The minimum Gasteiger partial charge on any atom is -0.508 e. The van der Waals surface area contributed by atoms with Crippen LogP contribution in [0, 0.1) is 13.8 Å². The van der Waals surface area contributed by atoms with Gasteiger partial charge in [0.2, 0.25) is 0 Å². The van der Waals surface area contributed by atoms with Gasteiger partial charge in [-0.05, 0) is 49.2 Å². The van der Waals surface area contributed by atoms with E-state index >= 15 is 0 Å². The second-order valence-electron chi connectivity index (χ2n) is 4.15. The lowest BCUT2D eigenvalue weighted by Gasteiger charge is -2.10. The van der Waals surface area contributed by atoms with Crippen LogP contribution >= 0.6 is 0 Å². The first-order valence-electron chi connectivity index (χ1n) is 5.59. The Balaban J connectivity index is 2.25. The number of carbonyl (C=O) groups is 1. The number of anilines is 1. The van der Waals surface area contributed by atoms with E-state index in [1.54, 1.807) is 37.4 Å². The van der Waals surface area contributed by atoms with Crippen LogP contribution in [-0.4, -0.2) is 16.0 Å². The van der Waals surface area contributed by atoms with E-state index < -0.39 is 0 Å². The fourth-order valence-corrected chi connectivity index (χ4v) is 1.63. The number of rotatable bonds is 2. The molecule has 0 spiro atoms. The molecule has 18 heavy (non-hydrogen) atoms. The molecular formula is C14H14N2O2.